The summed E-state index contributed by atoms with van der Waals surface area (Å²) in [4.78, 5) is 17.9. The van der Waals surface area contributed by atoms with E-state index in [4.69, 9.17) is 11.6 Å². The minimum Gasteiger partial charge on any atom is -0.320 e. The molecule has 0 aliphatic rings. The third kappa shape index (κ3) is 3.12. The van der Waals surface area contributed by atoms with E-state index in [9.17, 15) is 9.18 Å². The van der Waals surface area contributed by atoms with E-state index in [1.54, 1.807) is 11.3 Å². The van der Waals surface area contributed by atoms with E-state index in [1.807, 2.05) is 17.5 Å². The number of nitrogens with one attached hydrogen (secondary N) is 1. The number of thiophene rings is 1. The molecule has 2 aromatic heterocycles. The number of nitrogens with zero attached hydrogens (tertiary/aromatic N) is 1. The number of halogens is 2. The average Bonchev–Trinajstić information content (AvgIpc) is 3.10. The summed E-state index contributed by atoms with van der Waals surface area (Å²) < 4.78 is 13.0. The van der Waals surface area contributed by atoms with Gasteiger partial charge >= 0.3 is 0 Å². The molecule has 0 radical (unpaired) electrons. The molecular formula is C14H8ClFN2OS2. The molecule has 2 heterocycles. The molecule has 1 amide bonds. The van der Waals surface area contributed by atoms with Crippen molar-refractivity contribution in [3.05, 3.63) is 57.6 Å². The average molecular weight is 339 g/mol. The summed E-state index contributed by atoms with van der Waals surface area (Å²) in [5.74, 6) is -0.764. The van der Waals surface area contributed by atoms with E-state index in [0.717, 1.165) is 16.0 Å². The lowest BCUT2D eigenvalue weighted by Crippen LogP contribution is -2.10. The highest BCUT2D eigenvalue weighted by molar-refractivity contribution is 7.22. The molecule has 106 valence electrons. The lowest BCUT2D eigenvalue weighted by Gasteiger charge is -2.05. The Labute approximate surface area is 133 Å². The van der Waals surface area contributed by atoms with Crippen LogP contribution in [0.1, 0.15) is 9.67 Å². The van der Waals surface area contributed by atoms with Crippen LogP contribution in [0.5, 0.6) is 0 Å². The largest absolute Gasteiger partial charge is 0.320 e. The van der Waals surface area contributed by atoms with Crippen LogP contribution >= 0.6 is 34.3 Å². The van der Waals surface area contributed by atoms with Crippen LogP contribution in [0.4, 0.5) is 10.1 Å². The van der Waals surface area contributed by atoms with E-state index in [2.05, 4.69) is 10.3 Å². The van der Waals surface area contributed by atoms with Crippen molar-refractivity contribution in [3.63, 3.8) is 0 Å². The van der Waals surface area contributed by atoms with Gasteiger partial charge in [0.05, 0.1) is 21.8 Å². The summed E-state index contributed by atoms with van der Waals surface area (Å²) in [7, 11) is 0. The second kappa shape index (κ2) is 5.93. The van der Waals surface area contributed by atoms with E-state index >= 15 is 0 Å². The summed E-state index contributed by atoms with van der Waals surface area (Å²) in [5.41, 5.74) is 0.370. The third-order valence-electron chi connectivity index (χ3n) is 2.64. The van der Waals surface area contributed by atoms with Gasteiger partial charge in [0.1, 0.15) is 15.7 Å². The number of hydrogen-bond acceptors (Lipinski definition) is 4. The quantitative estimate of drug-likeness (QED) is 0.736. The fourth-order valence-electron chi connectivity index (χ4n) is 1.67. The van der Waals surface area contributed by atoms with E-state index in [-0.39, 0.29) is 10.9 Å². The zero-order chi connectivity index (χ0) is 14.8. The number of rotatable bonds is 3. The first kappa shape index (κ1) is 14.2. The van der Waals surface area contributed by atoms with Crippen molar-refractivity contribution in [3.8, 4) is 9.88 Å². The molecule has 21 heavy (non-hydrogen) atoms. The Morgan fingerprint density at radius 3 is 2.90 bits per heavy atom. The number of carbonyl (C=O) groups is 1. The summed E-state index contributed by atoms with van der Waals surface area (Å²) in [6.45, 7) is 0. The van der Waals surface area contributed by atoms with Crippen LogP contribution in [0.2, 0.25) is 5.02 Å². The Morgan fingerprint density at radius 2 is 2.19 bits per heavy atom. The highest BCUT2D eigenvalue weighted by atomic mass is 35.5. The molecule has 3 nitrogen and oxygen atoms in total. The third-order valence-corrected chi connectivity index (χ3v) is 4.99. The van der Waals surface area contributed by atoms with Crippen molar-refractivity contribution in [2.24, 2.45) is 0 Å². The minimum atomic E-state index is -0.448. The maximum absolute atomic E-state index is 13.0. The summed E-state index contributed by atoms with van der Waals surface area (Å²) in [6.07, 6.45) is 1.52. The molecule has 0 aliphatic carbocycles. The molecule has 0 fully saturated rings. The maximum Gasteiger partial charge on any atom is 0.267 e. The van der Waals surface area contributed by atoms with Gasteiger partial charge in [0, 0.05) is 0 Å². The van der Waals surface area contributed by atoms with Gasteiger partial charge in [-0.1, -0.05) is 17.7 Å². The molecule has 0 saturated carbocycles. The molecule has 1 aromatic carbocycles. The number of benzene rings is 1. The zero-order valence-electron chi connectivity index (χ0n) is 10.5. The Morgan fingerprint density at radius 1 is 1.33 bits per heavy atom. The molecular weight excluding hydrogens is 331 g/mol. The van der Waals surface area contributed by atoms with Crippen LogP contribution in [0.3, 0.4) is 0 Å². The number of aromatic nitrogens is 1. The fraction of sp³-hybridized carbons (Fsp3) is 0. The number of carbonyl (C=O) groups excluding carboxylic acids is 1. The monoisotopic (exact) mass is 338 g/mol. The molecule has 0 spiro atoms. The van der Waals surface area contributed by atoms with E-state index in [1.165, 1.54) is 29.7 Å². The first-order chi connectivity index (χ1) is 10.1. The highest BCUT2D eigenvalue weighted by Crippen LogP contribution is 2.30. The molecule has 0 atom stereocenters. The van der Waals surface area contributed by atoms with Crippen LogP contribution in [-0.4, -0.2) is 10.9 Å². The van der Waals surface area contributed by atoms with Crippen molar-refractivity contribution in [2.45, 2.75) is 0 Å². The Hall–Kier alpha value is -1.76. The molecule has 0 unspecified atom stereocenters. The molecule has 3 aromatic rings. The van der Waals surface area contributed by atoms with Gasteiger partial charge in [-0.05, 0) is 29.6 Å². The molecule has 0 bridgehead atoms. The predicted octanol–water partition coefficient (Wildman–Crippen LogP) is 4.92. The van der Waals surface area contributed by atoms with Gasteiger partial charge in [-0.3, -0.25) is 4.79 Å². The van der Waals surface area contributed by atoms with Crippen LogP contribution in [0.25, 0.3) is 9.88 Å². The number of anilines is 1. The van der Waals surface area contributed by atoms with Gasteiger partial charge in [-0.25, -0.2) is 9.37 Å². The van der Waals surface area contributed by atoms with Gasteiger partial charge < -0.3 is 5.32 Å². The first-order valence-electron chi connectivity index (χ1n) is 5.89. The molecule has 7 heteroatoms. The lowest BCUT2D eigenvalue weighted by molar-refractivity contribution is 0.103. The van der Waals surface area contributed by atoms with Crippen LogP contribution in [0, 0.1) is 5.82 Å². The predicted molar refractivity (Wildman–Crippen MR) is 84.8 cm³/mol. The van der Waals surface area contributed by atoms with Crippen LogP contribution < -0.4 is 5.32 Å². The SMILES string of the molecule is O=C(Nc1ccc(F)cc1Cl)c1cnc(-c2cccs2)s1. The topological polar surface area (TPSA) is 42.0 Å². The summed E-state index contributed by atoms with van der Waals surface area (Å²) in [6, 6.07) is 7.70. The van der Waals surface area contributed by atoms with Gasteiger partial charge in [0.2, 0.25) is 0 Å². The summed E-state index contributed by atoms with van der Waals surface area (Å²) in [5, 5.41) is 5.55. The second-order valence-corrected chi connectivity index (χ2v) is 6.47. The summed E-state index contributed by atoms with van der Waals surface area (Å²) >= 11 is 8.74. The fourth-order valence-corrected chi connectivity index (χ4v) is 3.50. The zero-order valence-corrected chi connectivity index (χ0v) is 12.9. The standard InChI is InChI=1S/C14H8ClFN2OS2/c15-9-6-8(16)3-4-10(9)18-13(19)12-7-17-14(21-12)11-2-1-5-20-11/h1-7H,(H,18,19). The molecule has 0 saturated heterocycles. The normalized spacial score (nSPS) is 10.6. The van der Waals surface area contributed by atoms with Gasteiger partial charge in [-0.2, -0.15) is 0 Å². The second-order valence-electron chi connectivity index (χ2n) is 4.09. The lowest BCUT2D eigenvalue weighted by atomic mass is 10.3. The van der Waals surface area contributed by atoms with E-state index in [0.29, 0.717) is 10.6 Å². The Balaban J connectivity index is 1.79. The molecule has 0 aliphatic heterocycles. The minimum absolute atomic E-state index is 0.159. The number of amides is 1. The molecule has 3 rings (SSSR count). The highest BCUT2D eigenvalue weighted by Gasteiger charge is 2.14. The first-order valence-corrected chi connectivity index (χ1v) is 7.97. The van der Waals surface area contributed by atoms with Gasteiger partial charge in [-0.15, -0.1) is 22.7 Å². The number of thiazole rings is 1. The van der Waals surface area contributed by atoms with E-state index < -0.39 is 5.82 Å². The van der Waals surface area contributed by atoms with Crippen molar-refractivity contribution in [1.29, 1.82) is 0 Å². The van der Waals surface area contributed by atoms with Crippen LogP contribution in [0.15, 0.2) is 41.9 Å². The van der Waals surface area contributed by atoms with Gasteiger partial charge in [0.25, 0.3) is 5.91 Å². The Kier molecular flexibility index (Phi) is 4.01. The van der Waals surface area contributed by atoms with Crippen molar-refractivity contribution < 1.29 is 9.18 Å². The Bertz CT molecular complexity index is 786. The molecule has 1 N–H and O–H groups in total. The smallest absolute Gasteiger partial charge is 0.267 e. The van der Waals surface area contributed by atoms with Crippen molar-refractivity contribution >= 4 is 45.9 Å². The van der Waals surface area contributed by atoms with Crippen molar-refractivity contribution in [1.82, 2.24) is 4.98 Å². The number of hydrogen-bond donors (Lipinski definition) is 1. The van der Waals surface area contributed by atoms with Crippen LogP contribution in [-0.2, 0) is 0 Å². The van der Waals surface area contributed by atoms with Gasteiger partial charge in [0.15, 0.2) is 0 Å². The maximum atomic E-state index is 13.0. The van der Waals surface area contributed by atoms with Crippen molar-refractivity contribution in [2.75, 3.05) is 5.32 Å².